The number of carbonyl (C=O) groups excluding carboxylic acids is 2. The lowest BCUT2D eigenvalue weighted by molar-refractivity contribution is 0.101. The van der Waals surface area contributed by atoms with Crippen molar-refractivity contribution in [1.29, 1.82) is 0 Å². The van der Waals surface area contributed by atoms with Crippen molar-refractivity contribution in [3.05, 3.63) is 83.9 Å². The third-order valence-electron chi connectivity index (χ3n) is 4.23. The first-order valence-electron chi connectivity index (χ1n) is 8.81. The van der Waals surface area contributed by atoms with Gasteiger partial charge in [-0.25, -0.2) is 0 Å². The molecule has 10 nitrogen and oxygen atoms in total. The molecular formula is C20H16N2O8S2. The Bertz CT molecular complexity index is 1260. The minimum Gasteiger partial charge on any atom is -0.322 e. The molecule has 166 valence electrons. The molecule has 0 aliphatic heterocycles. The highest BCUT2D eigenvalue weighted by Gasteiger charge is 2.13. The maximum Gasteiger partial charge on any atom is 0.294 e. The van der Waals surface area contributed by atoms with Crippen molar-refractivity contribution in [3.63, 3.8) is 0 Å². The summed E-state index contributed by atoms with van der Waals surface area (Å²) in [4.78, 5) is 24.1. The van der Waals surface area contributed by atoms with Crippen LogP contribution >= 0.6 is 0 Å². The number of amides is 2. The summed E-state index contributed by atoms with van der Waals surface area (Å²) in [5.41, 5.74) is 1.07. The van der Waals surface area contributed by atoms with E-state index in [1.54, 1.807) is 0 Å². The average Bonchev–Trinajstić information content (AvgIpc) is 2.73. The van der Waals surface area contributed by atoms with E-state index in [2.05, 4.69) is 10.6 Å². The van der Waals surface area contributed by atoms with Crippen LogP contribution in [0, 0.1) is 0 Å². The van der Waals surface area contributed by atoms with Gasteiger partial charge in [0.25, 0.3) is 32.1 Å². The van der Waals surface area contributed by atoms with Crippen LogP contribution in [0.3, 0.4) is 0 Å². The molecule has 0 atom stereocenters. The second-order valence-corrected chi connectivity index (χ2v) is 9.33. The van der Waals surface area contributed by atoms with E-state index in [1.165, 1.54) is 48.5 Å². The maximum absolute atomic E-state index is 12.3. The van der Waals surface area contributed by atoms with E-state index in [4.69, 9.17) is 9.11 Å². The molecule has 0 spiro atoms. The number of hydrogen-bond donors (Lipinski definition) is 4. The number of nitrogens with one attached hydrogen (secondary N) is 2. The zero-order chi connectivity index (χ0) is 23.5. The predicted octanol–water partition coefficient (Wildman–Crippen LogP) is 2.68. The molecule has 0 aliphatic rings. The fourth-order valence-corrected chi connectivity index (χ4v) is 3.56. The van der Waals surface area contributed by atoms with Crippen molar-refractivity contribution >= 4 is 43.4 Å². The van der Waals surface area contributed by atoms with Gasteiger partial charge in [0.05, 0.1) is 9.79 Å². The summed E-state index contributed by atoms with van der Waals surface area (Å²) < 4.78 is 62.1. The van der Waals surface area contributed by atoms with Gasteiger partial charge in [0.1, 0.15) is 0 Å². The number of rotatable bonds is 6. The van der Waals surface area contributed by atoms with Gasteiger partial charge >= 0.3 is 0 Å². The second-order valence-electron chi connectivity index (χ2n) is 6.48. The van der Waals surface area contributed by atoms with Gasteiger partial charge in [-0.1, -0.05) is 0 Å². The molecule has 0 aromatic heterocycles. The Balaban J connectivity index is 1.65. The third kappa shape index (κ3) is 5.76. The number of anilines is 2. The van der Waals surface area contributed by atoms with Crippen molar-refractivity contribution < 1.29 is 35.5 Å². The summed E-state index contributed by atoms with van der Waals surface area (Å²) in [5.74, 6) is -1.00. The third-order valence-corrected chi connectivity index (χ3v) is 5.97. The van der Waals surface area contributed by atoms with Crippen molar-refractivity contribution in [2.75, 3.05) is 10.6 Å². The molecule has 12 heteroatoms. The van der Waals surface area contributed by atoms with Gasteiger partial charge in [-0.2, -0.15) is 16.8 Å². The molecule has 0 heterocycles. The van der Waals surface area contributed by atoms with Crippen LogP contribution in [0.5, 0.6) is 0 Å². The van der Waals surface area contributed by atoms with E-state index in [0.29, 0.717) is 11.4 Å². The summed E-state index contributed by atoms with van der Waals surface area (Å²) >= 11 is 0. The van der Waals surface area contributed by atoms with Gasteiger partial charge in [-0.05, 0) is 72.8 Å². The molecule has 4 N–H and O–H groups in total. The van der Waals surface area contributed by atoms with Crippen LogP contribution in [0.2, 0.25) is 0 Å². The molecule has 3 aromatic rings. The zero-order valence-electron chi connectivity index (χ0n) is 16.1. The number of benzene rings is 3. The Hall–Kier alpha value is -3.58. The smallest absolute Gasteiger partial charge is 0.294 e. The molecule has 3 rings (SSSR count). The van der Waals surface area contributed by atoms with Crippen LogP contribution in [0.15, 0.2) is 82.6 Å². The summed E-state index contributed by atoms with van der Waals surface area (Å²) in [5, 5.41) is 5.11. The van der Waals surface area contributed by atoms with E-state index in [-0.39, 0.29) is 20.9 Å². The Morgan fingerprint density at radius 1 is 0.531 bits per heavy atom. The van der Waals surface area contributed by atoms with Crippen LogP contribution in [0.4, 0.5) is 11.4 Å². The van der Waals surface area contributed by atoms with Crippen molar-refractivity contribution in [1.82, 2.24) is 0 Å². The molecule has 32 heavy (non-hydrogen) atoms. The maximum atomic E-state index is 12.3. The molecule has 0 bridgehead atoms. The Labute approximate surface area is 183 Å². The van der Waals surface area contributed by atoms with E-state index in [1.807, 2.05) is 0 Å². The topological polar surface area (TPSA) is 167 Å². The summed E-state index contributed by atoms with van der Waals surface area (Å²) in [6.07, 6.45) is 0. The lowest BCUT2D eigenvalue weighted by Gasteiger charge is -2.08. The lowest BCUT2D eigenvalue weighted by Crippen LogP contribution is -2.14. The lowest BCUT2D eigenvalue weighted by atomic mass is 10.1. The molecule has 0 aliphatic carbocycles. The minimum atomic E-state index is -4.33. The van der Waals surface area contributed by atoms with Gasteiger partial charge < -0.3 is 10.6 Å². The fourth-order valence-electron chi connectivity index (χ4n) is 2.60. The Morgan fingerprint density at radius 2 is 0.812 bits per heavy atom. The molecule has 0 saturated heterocycles. The molecule has 3 aromatic carbocycles. The molecule has 0 fully saturated rings. The molecule has 0 saturated carbocycles. The van der Waals surface area contributed by atoms with Crippen molar-refractivity contribution in [2.24, 2.45) is 0 Å². The fraction of sp³-hybridized carbons (Fsp3) is 0. The molecule has 2 amide bonds. The summed E-state index contributed by atoms with van der Waals surface area (Å²) in [6, 6.07) is 15.5. The minimum absolute atomic E-state index is 0.234. The van der Waals surface area contributed by atoms with Crippen LogP contribution < -0.4 is 10.6 Å². The highest BCUT2D eigenvalue weighted by Crippen LogP contribution is 2.17. The largest absolute Gasteiger partial charge is 0.322 e. The SMILES string of the molecule is O=C(Nc1ccc(S(=O)(=O)O)cc1)c1ccc(C(=O)Nc2ccc(S(=O)(=O)O)cc2)cc1. The van der Waals surface area contributed by atoms with Gasteiger partial charge in [0, 0.05) is 22.5 Å². The van der Waals surface area contributed by atoms with Crippen LogP contribution in [0.1, 0.15) is 20.7 Å². The van der Waals surface area contributed by atoms with Gasteiger partial charge in [0.2, 0.25) is 0 Å². The first-order valence-corrected chi connectivity index (χ1v) is 11.7. The molecule has 0 unspecified atom stereocenters. The van der Waals surface area contributed by atoms with E-state index >= 15 is 0 Å². The number of carbonyl (C=O) groups is 2. The monoisotopic (exact) mass is 476 g/mol. The highest BCUT2D eigenvalue weighted by atomic mass is 32.2. The van der Waals surface area contributed by atoms with Crippen LogP contribution in [-0.2, 0) is 20.2 Å². The quantitative estimate of drug-likeness (QED) is 0.394. The first kappa shape index (κ1) is 23.1. The normalized spacial score (nSPS) is 11.6. The summed E-state index contributed by atoms with van der Waals surface area (Å²) in [6.45, 7) is 0. The molecular weight excluding hydrogens is 460 g/mol. The highest BCUT2D eigenvalue weighted by molar-refractivity contribution is 7.86. The zero-order valence-corrected chi connectivity index (χ0v) is 17.7. The van der Waals surface area contributed by atoms with Gasteiger partial charge in [-0.15, -0.1) is 0 Å². The summed E-state index contributed by atoms with van der Waals surface area (Å²) in [7, 11) is -8.67. The van der Waals surface area contributed by atoms with Crippen molar-refractivity contribution in [2.45, 2.75) is 9.79 Å². The Kier molecular flexibility index (Phi) is 6.41. The average molecular weight is 476 g/mol. The van der Waals surface area contributed by atoms with Crippen LogP contribution in [0.25, 0.3) is 0 Å². The van der Waals surface area contributed by atoms with Crippen LogP contribution in [-0.4, -0.2) is 37.8 Å². The van der Waals surface area contributed by atoms with E-state index in [0.717, 1.165) is 24.3 Å². The van der Waals surface area contributed by atoms with E-state index < -0.39 is 32.1 Å². The first-order chi connectivity index (χ1) is 14.9. The van der Waals surface area contributed by atoms with Gasteiger partial charge in [-0.3, -0.25) is 18.7 Å². The van der Waals surface area contributed by atoms with Crippen molar-refractivity contribution in [3.8, 4) is 0 Å². The predicted molar refractivity (Wildman–Crippen MR) is 115 cm³/mol. The molecule has 0 radical (unpaired) electrons. The second kappa shape index (κ2) is 8.88. The number of hydrogen-bond acceptors (Lipinski definition) is 6. The van der Waals surface area contributed by atoms with Gasteiger partial charge in [0.15, 0.2) is 0 Å². The van der Waals surface area contributed by atoms with E-state index in [9.17, 15) is 26.4 Å². The standard InChI is InChI=1S/C20H16N2O8S2/c23-19(21-15-5-9-17(10-6-15)31(25,26)27)13-1-2-14(4-3-13)20(24)22-16-7-11-18(12-8-16)32(28,29)30/h1-12H,(H,21,23)(H,22,24)(H,25,26,27)(H,28,29,30). The Morgan fingerprint density at radius 3 is 1.06 bits per heavy atom.